The largest absolute Gasteiger partial charge is 0.398 e. The van der Waals surface area contributed by atoms with Crippen LogP contribution in [-0.4, -0.2) is 54.8 Å². The number of piperidine rings is 3. The molecule has 1 aromatic carbocycles. The molecule has 8 heteroatoms. The second-order valence-electron chi connectivity index (χ2n) is 7.28. The van der Waals surface area contributed by atoms with Gasteiger partial charge in [-0.15, -0.1) is 0 Å². The average Bonchev–Trinajstić information content (AvgIpc) is 2.68. The number of benzene rings is 1. The number of nitrogen functional groups attached to an aromatic ring is 1. The van der Waals surface area contributed by atoms with Crippen LogP contribution in [0.2, 0.25) is 0 Å². The van der Waals surface area contributed by atoms with Crippen LogP contribution >= 0.6 is 0 Å². The van der Waals surface area contributed by atoms with Crippen molar-refractivity contribution in [3.05, 3.63) is 23.8 Å². The predicted octanol–water partition coefficient (Wildman–Crippen LogP) is 1.38. The molecule has 3 saturated heterocycles. The van der Waals surface area contributed by atoms with E-state index in [0.717, 1.165) is 38.9 Å². The minimum Gasteiger partial charge on any atom is -0.398 e. The predicted molar refractivity (Wildman–Crippen MR) is 106 cm³/mol. The Bertz CT molecular complexity index is 727. The van der Waals surface area contributed by atoms with Gasteiger partial charge in [0.1, 0.15) is 5.71 Å². The highest BCUT2D eigenvalue weighted by Crippen LogP contribution is 2.27. The molecule has 0 radical (unpaired) electrons. The highest BCUT2D eigenvalue weighted by molar-refractivity contribution is 6.45. The summed E-state index contributed by atoms with van der Waals surface area (Å²) in [6, 6.07) is 4.59. The van der Waals surface area contributed by atoms with Crippen molar-refractivity contribution in [1.82, 2.24) is 15.5 Å². The van der Waals surface area contributed by atoms with Crippen molar-refractivity contribution in [3.8, 4) is 0 Å². The zero-order chi connectivity index (χ0) is 19.4. The van der Waals surface area contributed by atoms with Gasteiger partial charge in [0, 0.05) is 36.1 Å². The molecule has 3 fully saturated rings. The number of urea groups is 1. The molecule has 1 atom stereocenters. The summed E-state index contributed by atoms with van der Waals surface area (Å²) >= 11 is 0. The second kappa shape index (κ2) is 8.39. The molecule has 3 heterocycles. The maximum Gasteiger partial charge on any atom is 0.319 e. The Kier molecular flexibility index (Phi) is 5.95. The monoisotopic (exact) mass is 372 g/mol. The number of anilines is 2. The van der Waals surface area contributed by atoms with Crippen molar-refractivity contribution in [2.24, 2.45) is 5.92 Å². The zero-order valence-electron chi connectivity index (χ0n) is 15.7. The van der Waals surface area contributed by atoms with Crippen LogP contribution in [0.25, 0.3) is 0 Å². The number of fused-ring (bicyclic) bond motifs is 3. The number of amides is 3. The van der Waals surface area contributed by atoms with E-state index < -0.39 is 5.91 Å². The van der Waals surface area contributed by atoms with Crippen molar-refractivity contribution in [1.29, 1.82) is 5.41 Å². The first kappa shape index (κ1) is 19.2. The summed E-state index contributed by atoms with van der Waals surface area (Å²) in [7, 11) is 0. The summed E-state index contributed by atoms with van der Waals surface area (Å²) in [6.07, 6.45) is 3.02. The van der Waals surface area contributed by atoms with E-state index in [1.807, 2.05) is 6.92 Å². The first-order valence-corrected chi connectivity index (χ1v) is 9.54. The van der Waals surface area contributed by atoms with E-state index in [1.165, 1.54) is 0 Å². The molecule has 27 heavy (non-hydrogen) atoms. The number of nitrogens with two attached hydrogens (primary N) is 1. The maximum atomic E-state index is 12.6. The van der Waals surface area contributed by atoms with Gasteiger partial charge in [0.15, 0.2) is 0 Å². The van der Waals surface area contributed by atoms with E-state index in [0.29, 0.717) is 29.4 Å². The van der Waals surface area contributed by atoms with Crippen LogP contribution in [0.3, 0.4) is 0 Å². The first-order valence-electron chi connectivity index (χ1n) is 9.54. The molecular formula is C19H28N6O2. The highest BCUT2D eigenvalue weighted by atomic mass is 16.2. The lowest BCUT2D eigenvalue weighted by Gasteiger charge is -2.44. The molecule has 6 N–H and O–H groups in total. The average molecular weight is 372 g/mol. The van der Waals surface area contributed by atoms with Crippen molar-refractivity contribution in [3.63, 3.8) is 0 Å². The quantitative estimate of drug-likeness (QED) is 0.382. The van der Waals surface area contributed by atoms with Gasteiger partial charge in [-0.2, -0.15) is 0 Å². The molecule has 3 aliphatic heterocycles. The fourth-order valence-electron chi connectivity index (χ4n) is 3.76. The Morgan fingerprint density at radius 2 is 2.04 bits per heavy atom. The molecule has 0 saturated carbocycles. The van der Waals surface area contributed by atoms with E-state index in [2.05, 4.69) is 20.9 Å². The summed E-state index contributed by atoms with van der Waals surface area (Å²) in [6.45, 7) is 5.57. The van der Waals surface area contributed by atoms with Gasteiger partial charge in [-0.1, -0.05) is 6.92 Å². The van der Waals surface area contributed by atoms with E-state index in [-0.39, 0.29) is 17.8 Å². The van der Waals surface area contributed by atoms with Crippen LogP contribution in [0.15, 0.2) is 18.2 Å². The minimum atomic E-state index is -0.423. The molecule has 4 rings (SSSR count). The fraction of sp³-hybridized carbons (Fsp3) is 0.526. The van der Waals surface area contributed by atoms with Gasteiger partial charge in [0.25, 0.3) is 5.91 Å². The van der Waals surface area contributed by atoms with Gasteiger partial charge in [-0.05, 0) is 56.5 Å². The zero-order valence-corrected chi connectivity index (χ0v) is 15.7. The van der Waals surface area contributed by atoms with Crippen LogP contribution in [-0.2, 0) is 4.79 Å². The number of carbonyl (C=O) groups is 2. The number of rotatable bonds is 6. The van der Waals surface area contributed by atoms with Crippen LogP contribution < -0.4 is 21.7 Å². The van der Waals surface area contributed by atoms with E-state index in [9.17, 15) is 9.59 Å². The summed E-state index contributed by atoms with van der Waals surface area (Å²) in [4.78, 5) is 26.8. The smallest absolute Gasteiger partial charge is 0.319 e. The lowest BCUT2D eigenvalue weighted by atomic mass is 9.84. The Hall–Kier alpha value is -2.61. The molecule has 0 aliphatic carbocycles. The van der Waals surface area contributed by atoms with Gasteiger partial charge < -0.3 is 26.6 Å². The molecule has 1 aromatic rings. The van der Waals surface area contributed by atoms with Gasteiger partial charge in [-0.25, -0.2) is 4.79 Å². The Labute approximate surface area is 159 Å². The second-order valence-corrected chi connectivity index (χ2v) is 7.28. The molecule has 0 aromatic heterocycles. The van der Waals surface area contributed by atoms with Crippen LogP contribution in [0.5, 0.6) is 0 Å². The lowest BCUT2D eigenvalue weighted by molar-refractivity contribution is -0.116. The van der Waals surface area contributed by atoms with Gasteiger partial charge in [-0.3, -0.25) is 10.2 Å². The number of nitrogens with one attached hydrogen (secondary N) is 4. The van der Waals surface area contributed by atoms with Crippen molar-refractivity contribution in [2.75, 3.05) is 37.2 Å². The third-order valence-electron chi connectivity index (χ3n) is 5.32. The van der Waals surface area contributed by atoms with Gasteiger partial charge in [0.05, 0.1) is 0 Å². The van der Waals surface area contributed by atoms with Crippen LogP contribution in [0.1, 0.15) is 31.7 Å². The summed E-state index contributed by atoms with van der Waals surface area (Å²) in [5.74, 6) is 0.0624. The third kappa shape index (κ3) is 4.57. The molecule has 3 amide bonds. The Morgan fingerprint density at radius 1 is 1.30 bits per heavy atom. The molecule has 8 nitrogen and oxygen atoms in total. The SMILES string of the molecule is CCCNC(=O)Nc1ccc(N)c(C(=N)C(=O)N[C@@H]2CN3CCC2CC3)c1. The van der Waals surface area contributed by atoms with Gasteiger partial charge in [0.2, 0.25) is 0 Å². The van der Waals surface area contributed by atoms with Crippen LogP contribution in [0, 0.1) is 11.3 Å². The lowest BCUT2D eigenvalue weighted by Crippen LogP contribution is -2.58. The topological polar surface area (TPSA) is 123 Å². The molecule has 3 aliphatic rings. The van der Waals surface area contributed by atoms with Crippen molar-refractivity contribution >= 4 is 29.0 Å². The molecule has 146 valence electrons. The third-order valence-corrected chi connectivity index (χ3v) is 5.32. The maximum absolute atomic E-state index is 12.6. The van der Waals surface area contributed by atoms with E-state index >= 15 is 0 Å². The van der Waals surface area contributed by atoms with Gasteiger partial charge >= 0.3 is 6.03 Å². The highest BCUT2D eigenvalue weighted by Gasteiger charge is 2.35. The summed E-state index contributed by atoms with van der Waals surface area (Å²) < 4.78 is 0. The Balaban J connectivity index is 1.65. The number of carbonyl (C=O) groups excluding carboxylic acids is 2. The molecular weight excluding hydrogens is 344 g/mol. The molecule has 0 spiro atoms. The standard InChI is InChI=1S/C19H28N6O2/c1-2-7-22-19(27)23-13-3-4-15(20)14(10-13)17(21)18(26)24-16-11-25-8-5-12(16)6-9-25/h3-4,10,12,16,21H,2,5-9,11,20H2,1H3,(H,24,26)(H2,22,23,27)/t16-/m1/s1. The Morgan fingerprint density at radius 3 is 2.67 bits per heavy atom. The number of hydrogen-bond acceptors (Lipinski definition) is 5. The molecule has 2 bridgehead atoms. The van der Waals surface area contributed by atoms with Crippen molar-refractivity contribution in [2.45, 2.75) is 32.2 Å². The normalized spacial score (nSPS) is 23.5. The van der Waals surface area contributed by atoms with Crippen molar-refractivity contribution < 1.29 is 9.59 Å². The number of hydrogen-bond donors (Lipinski definition) is 5. The minimum absolute atomic E-state index is 0.0858. The fourth-order valence-corrected chi connectivity index (χ4v) is 3.76. The summed E-state index contributed by atoms with van der Waals surface area (Å²) in [5.41, 5.74) is 6.95. The molecule has 0 unspecified atom stereocenters. The number of nitrogens with zero attached hydrogens (tertiary/aromatic N) is 1. The first-order chi connectivity index (χ1) is 13.0. The van der Waals surface area contributed by atoms with Crippen LogP contribution in [0.4, 0.5) is 16.2 Å². The van der Waals surface area contributed by atoms with E-state index in [4.69, 9.17) is 11.1 Å². The summed E-state index contributed by atoms with van der Waals surface area (Å²) in [5, 5.41) is 16.7. The van der Waals surface area contributed by atoms with E-state index in [1.54, 1.807) is 18.2 Å².